The number of piperidine rings is 1. The van der Waals surface area contributed by atoms with Crippen molar-refractivity contribution in [3.05, 3.63) is 22.2 Å². The quantitative estimate of drug-likeness (QED) is 0.677. The van der Waals surface area contributed by atoms with E-state index in [1.54, 1.807) is 6.07 Å². The average molecular weight is 392 g/mol. The summed E-state index contributed by atoms with van der Waals surface area (Å²) in [4.78, 5) is 13.8. The van der Waals surface area contributed by atoms with Gasteiger partial charge in [0.05, 0.1) is 10.4 Å². The molecular weight excluding hydrogens is 373 g/mol. The van der Waals surface area contributed by atoms with Crippen molar-refractivity contribution in [2.24, 2.45) is 0 Å². The molecule has 136 valence electrons. The Morgan fingerprint density at radius 2 is 1.96 bits per heavy atom. The summed E-state index contributed by atoms with van der Waals surface area (Å²) in [5.41, 5.74) is 7.89. The summed E-state index contributed by atoms with van der Waals surface area (Å²) in [6.07, 6.45) is 3.81. The Morgan fingerprint density at radius 1 is 1.08 bits per heavy atom. The summed E-state index contributed by atoms with van der Waals surface area (Å²) in [6, 6.07) is 4.04. The number of hydrogen-bond donors (Lipinski definition) is 1. The van der Waals surface area contributed by atoms with E-state index in [2.05, 4.69) is 19.8 Å². The lowest BCUT2D eigenvalue weighted by Crippen LogP contribution is -2.55. The molecule has 5 rings (SSSR count). The van der Waals surface area contributed by atoms with E-state index in [1.165, 1.54) is 25.8 Å². The number of fused-ring (bicyclic) bond motifs is 4. The van der Waals surface area contributed by atoms with Gasteiger partial charge in [0.1, 0.15) is 5.52 Å². The van der Waals surface area contributed by atoms with Gasteiger partial charge in [-0.2, -0.15) is 4.98 Å². The molecule has 0 spiro atoms. The Balaban J connectivity index is 1.64. The van der Waals surface area contributed by atoms with Gasteiger partial charge in [-0.05, 0) is 31.5 Å². The lowest BCUT2D eigenvalue weighted by atomic mass is 9.99. The number of rotatable bonds is 1. The summed E-state index contributed by atoms with van der Waals surface area (Å²) in [5, 5.41) is 1.77. The molecule has 0 bridgehead atoms. The topological polar surface area (TPSA) is 71.4 Å². The van der Waals surface area contributed by atoms with Crippen LogP contribution in [0.25, 0.3) is 22.1 Å². The number of furan rings is 1. The first-order valence-corrected chi connectivity index (χ1v) is 9.69. The van der Waals surface area contributed by atoms with Crippen LogP contribution >= 0.6 is 23.2 Å². The van der Waals surface area contributed by atoms with Crippen LogP contribution in [0.2, 0.25) is 10.0 Å². The molecule has 2 saturated heterocycles. The van der Waals surface area contributed by atoms with Gasteiger partial charge in [0.15, 0.2) is 17.0 Å². The van der Waals surface area contributed by atoms with E-state index in [0.29, 0.717) is 32.8 Å². The van der Waals surface area contributed by atoms with Crippen molar-refractivity contribution in [1.82, 2.24) is 14.9 Å². The number of nitrogens with two attached hydrogens (primary N) is 1. The molecule has 3 aromatic rings. The minimum atomic E-state index is 0.234. The zero-order valence-electron chi connectivity index (χ0n) is 14.2. The molecule has 2 aliphatic rings. The summed E-state index contributed by atoms with van der Waals surface area (Å²) in [5.74, 6) is 0.985. The first-order valence-electron chi connectivity index (χ1n) is 8.94. The molecule has 0 aliphatic carbocycles. The molecule has 1 atom stereocenters. The predicted molar refractivity (Wildman–Crippen MR) is 105 cm³/mol. The van der Waals surface area contributed by atoms with E-state index in [-0.39, 0.29) is 5.95 Å². The van der Waals surface area contributed by atoms with Gasteiger partial charge >= 0.3 is 0 Å². The molecule has 2 aromatic heterocycles. The molecular formula is C18H19Cl2N5O. The molecule has 6 nitrogen and oxygen atoms in total. The third kappa shape index (κ3) is 2.59. The maximum atomic E-state index is 6.32. The van der Waals surface area contributed by atoms with E-state index in [4.69, 9.17) is 33.4 Å². The number of nitrogens with zero attached hydrogens (tertiary/aromatic N) is 4. The first kappa shape index (κ1) is 16.4. The summed E-state index contributed by atoms with van der Waals surface area (Å²) >= 11 is 12.5. The maximum absolute atomic E-state index is 6.32. The Morgan fingerprint density at radius 3 is 2.85 bits per heavy atom. The van der Waals surface area contributed by atoms with Crippen LogP contribution in [-0.4, -0.2) is 47.1 Å². The van der Waals surface area contributed by atoms with Crippen LogP contribution in [0, 0.1) is 0 Å². The average Bonchev–Trinajstić information content (AvgIpc) is 2.99. The highest BCUT2D eigenvalue weighted by Crippen LogP contribution is 2.39. The lowest BCUT2D eigenvalue weighted by molar-refractivity contribution is 0.133. The number of nitrogen functional groups attached to an aromatic ring is 1. The molecule has 0 amide bonds. The fourth-order valence-electron chi connectivity index (χ4n) is 4.24. The number of benzene rings is 1. The van der Waals surface area contributed by atoms with Crippen molar-refractivity contribution >= 4 is 57.0 Å². The first-order chi connectivity index (χ1) is 12.6. The van der Waals surface area contributed by atoms with Crippen LogP contribution in [0.4, 0.5) is 11.8 Å². The third-order valence-electron chi connectivity index (χ3n) is 5.47. The molecule has 2 N–H and O–H groups in total. The Labute approximate surface area is 160 Å². The van der Waals surface area contributed by atoms with Gasteiger partial charge in [0.2, 0.25) is 5.95 Å². The van der Waals surface area contributed by atoms with Crippen LogP contribution in [-0.2, 0) is 0 Å². The highest BCUT2D eigenvalue weighted by atomic mass is 35.5. The number of halogens is 2. The highest BCUT2D eigenvalue weighted by Gasteiger charge is 2.31. The zero-order valence-corrected chi connectivity index (χ0v) is 15.7. The molecule has 26 heavy (non-hydrogen) atoms. The van der Waals surface area contributed by atoms with Gasteiger partial charge in [0.25, 0.3) is 0 Å². The molecule has 1 unspecified atom stereocenters. The third-order valence-corrected chi connectivity index (χ3v) is 5.97. The van der Waals surface area contributed by atoms with Gasteiger partial charge < -0.3 is 15.1 Å². The van der Waals surface area contributed by atoms with E-state index in [0.717, 1.165) is 30.8 Å². The van der Waals surface area contributed by atoms with Crippen LogP contribution in [0.5, 0.6) is 0 Å². The highest BCUT2D eigenvalue weighted by molar-refractivity contribution is 6.39. The van der Waals surface area contributed by atoms with Crippen molar-refractivity contribution in [3.8, 4) is 0 Å². The molecule has 0 saturated carbocycles. The Hall–Kier alpha value is -1.76. The van der Waals surface area contributed by atoms with Crippen molar-refractivity contribution < 1.29 is 4.42 Å². The number of aromatic nitrogens is 2. The second kappa shape index (κ2) is 6.15. The van der Waals surface area contributed by atoms with Gasteiger partial charge in [-0.25, -0.2) is 4.98 Å². The predicted octanol–water partition coefficient (Wildman–Crippen LogP) is 3.94. The van der Waals surface area contributed by atoms with E-state index in [1.807, 2.05) is 6.07 Å². The SMILES string of the molecule is Nc1nc(N2CCN3CCCCC3C2)c2oc3c(Cl)cc(Cl)cc3c2n1. The van der Waals surface area contributed by atoms with Crippen LogP contribution in [0.1, 0.15) is 19.3 Å². The molecule has 1 aromatic carbocycles. The largest absolute Gasteiger partial charge is 0.449 e. The van der Waals surface area contributed by atoms with Gasteiger partial charge in [-0.3, -0.25) is 4.90 Å². The number of anilines is 2. The van der Waals surface area contributed by atoms with Crippen LogP contribution in [0.3, 0.4) is 0 Å². The fraction of sp³-hybridized carbons (Fsp3) is 0.444. The van der Waals surface area contributed by atoms with E-state index >= 15 is 0 Å². The smallest absolute Gasteiger partial charge is 0.222 e. The lowest BCUT2D eigenvalue weighted by Gasteiger charge is -2.44. The molecule has 8 heteroatoms. The molecule has 0 radical (unpaired) electrons. The van der Waals surface area contributed by atoms with Crippen molar-refractivity contribution in [3.63, 3.8) is 0 Å². The Bertz CT molecular complexity index is 1000. The summed E-state index contributed by atoms with van der Waals surface area (Å²) in [6.45, 7) is 4.05. The second-order valence-electron chi connectivity index (χ2n) is 7.08. The minimum Gasteiger partial charge on any atom is -0.449 e. The monoisotopic (exact) mass is 391 g/mol. The van der Waals surface area contributed by atoms with Crippen molar-refractivity contribution in [2.75, 3.05) is 36.8 Å². The number of piperazine rings is 1. The van der Waals surface area contributed by atoms with Crippen LogP contribution in [0.15, 0.2) is 16.5 Å². The summed E-state index contributed by atoms with van der Waals surface area (Å²) < 4.78 is 6.09. The Kier molecular flexibility index (Phi) is 3.88. The maximum Gasteiger partial charge on any atom is 0.222 e. The van der Waals surface area contributed by atoms with Crippen molar-refractivity contribution in [1.29, 1.82) is 0 Å². The van der Waals surface area contributed by atoms with Crippen molar-refractivity contribution in [2.45, 2.75) is 25.3 Å². The molecule has 2 aliphatic heterocycles. The van der Waals surface area contributed by atoms with Gasteiger partial charge in [-0.15, -0.1) is 0 Å². The second-order valence-corrected chi connectivity index (χ2v) is 7.92. The zero-order chi connectivity index (χ0) is 17.8. The van der Waals surface area contributed by atoms with E-state index < -0.39 is 0 Å². The van der Waals surface area contributed by atoms with Crippen LogP contribution < -0.4 is 10.6 Å². The fourth-order valence-corrected chi connectivity index (χ4v) is 4.77. The molecule has 4 heterocycles. The van der Waals surface area contributed by atoms with Gasteiger partial charge in [-0.1, -0.05) is 29.6 Å². The molecule has 2 fully saturated rings. The standard InChI is InChI=1S/C18H19Cl2N5O/c19-10-7-12-14-16(26-15(12)13(20)8-10)17(23-18(21)22-14)25-6-5-24-4-2-1-3-11(24)9-25/h7-8,11H,1-6,9H2,(H2,21,22,23). The minimum absolute atomic E-state index is 0.234. The summed E-state index contributed by atoms with van der Waals surface area (Å²) in [7, 11) is 0. The number of hydrogen-bond acceptors (Lipinski definition) is 6. The van der Waals surface area contributed by atoms with Gasteiger partial charge in [0, 0.05) is 30.7 Å². The van der Waals surface area contributed by atoms with E-state index in [9.17, 15) is 0 Å². The normalized spacial score (nSPS) is 21.5.